The number of nitrogens with zero attached hydrogens (tertiary/aromatic N) is 1. The van der Waals surface area contributed by atoms with Gasteiger partial charge in [0.25, 0.3) is 0 Å². The average molecular weight is 441 g/mol. The van der Waals surface area contributed by atoms with Gasteiger partial charge in [0.05, 0.1) is 5.56 Å². The second-order valence-electron chi connectivity index (χ2n) is 9.03. The van der Waals surface area contributed by atoms with Crippen LogP contribution in [0.2, 0.25) is 0 Å². The maximum Gasteiger partial charge on any atom is 0.202 e. The molecule has 0 aromatic heterocycles. The maximum absolute atomic E-state index is 13.5. The highest BCUT2D eigenvalue weighted by Crippen LogP contribution is 2.54. The third kappa shape index (κ3) is 2.70. The number of nitroso groups, excluding NO2 is 1. The number of benzene rings is 1. The fraction of sp³-hybridized carbons (Fsp3) is 0.435. The zero-order chi connectivity index (χ0) is 23.7. The Balaban J connectivity index is 1.98. The summed E-state index contributed by atoms with van der Waals surface area (Å²) in [4.78, 5) is 49.0. The van der Waals surface area contributed by atoms with Gasteiger partial charge in [-0.1, -0.05) is 13.8 Å². The third-order valence-corrected chi connectivity index (χ3v) is 6.90. The van der Waals surface area contributed by atoms with E-state index >= 15 is 0 Å². The molecule has 0 spiro atoms. The summed E-state index contributed by atoms with van der Waals surface area (Å²) in [5.41, 5.74) is -2.54. The smallest absolute Gasteiger partial charge is 0.202 e. The van der Waals surface area contributed by atoms with Crippen molar-refractivity contribution in [3.05, 3.63) is 44.6 Å². The summed E-state index contributed by atoms with van der Waals surface area (Å²) in [7, 11) is 0. The van der Waals surface area contributed by atoms with Crippen molar-refractivity contribution in [2.45, 2.75) is 51.6 Å². The number of carbonyl (C=O) groups excluding carboxylic acids is 3. The number of fused-ring (bicyclic) bond motifs is 3. The van der Waals surface area contributed by atoms with Crippen LogP contribution >= 0.6 is 0 Å². The van der Waals surface area contributed by atoms with Crippen LogP contribution in [0.4, 0.5) is 5.69 Å². The lowest BCUT2D eigenvalue weighted by Crippen LogP contribution is -2.57. The molecular formula is C23H23NO8. The van der Waals surface area contributed by atoms with Gasteiger partial charge < -0.3 is 20.4 Å². The van der Waals surface area contributed by atoms with E-state index in [1.165, 1.54) is 6.07 Å². The quantitative estimate of drug-likeness (QED) is 0.411. The molecule has 1 aromatic rings. The highest BCUT2D eigenvalue weighted by atomic mass is 16.3. The fourth-order valence-electron chi connectivity index (χ4n) is 5.40. The Kier molecular flexibility index (Phi) is 4.85. The Morgan fingerprint density at radius 1 is 1.19 bits per heavy atom. The SMILES string of the molecule is CC(=O)C1=C(O)[C@@]2(O)C(=O)C3=C(O)c4c(O)c(N=O)cc(C(C)C)c4C[C@H]3C[C@H]2CC1=O. The number of aliphatic hydroxyl groups excluding tert-OH is 2. The van der Waals surface area contributed by atoms with Crippen LogP contribution in [0.3, 0.4) is 0 Å². The number of rotatable bonds is 3. The zero-order valence-electron chi connectivity index (χ0n) is 17.8. The van der Waals surface area contributed by atoms with Crippen LogP contribution in [0.15, 0.2) is 28.1 Å². The first-order valence-corrected chi connectivity index (χ1v) is 10.4. The van der Waals surface area contributed by atoms with Gasteiger partial charge in [-0.25, -0.2) is 0 Å². The number of phenols is 1. The van der Waals surface area contributed by atoms with Crippen LogP contribution in [0, 0.1) is 16.7 Å². The highest BCUT2D eigenvalue weighted by Gasteiger charge is 2.60. The second-order valence-corrected chi connectivity index (χ2v) is 9.03. The number of allylic oxidation sites excluding steroid dienone is 1. The molecule has 0 amide bonds. The molecule has 32 heavy (non-hydrogen) atoms. The van der Waals surface area contributed by atoms with Gasteiger partial charge in [-0.15, -0.1) is 4.91 Å². The standard InChI is InChI=1S/C23H23NO8/c1-8(2)12-7-14(24-32)19(27)18-13(12)5-10-4-11-6-15(26)16(9(3)25)21(29)23(11,31)22(30)17(10)20(18)28/h7-8,10-11,27-29,31H,4-6H2,1-3H3/t10-,11+,23-/m1/s1. The normalized spacial score (nSPS) is 27.3. The lowest BCUT2D eigenvalue weighted by Gasteiger charge is -2.46. The van der Waals surface area contributed by atoms with E-state index in [0.717, 1.165) is 6.92 Å². The Morgan fingerprint density at radius 3 is 2.41 bits per heavy atom. The number of aromatic hydroxyl groups is 1. The molecule has 3 atom stereocenters. The molecular weight excluding hydrogens is 418 g/mol. The van der Waals surface area contributed by atoms with Crippen molar-refractivity contribution in [2.75, 3.05) is 0 Å². The molecule has 9 nitrogen and oxygen atoms in total. The summed E-state index contributed by atoms with van der Waals surface area (Å²) < 4.78 is 0. The lowest BCUT2D eigenvalue weighted by atomic mass is 9.59. The van der Waals surface area contributed by atoms with Crippen LogP contribution < -0.4 is 0 Å². The summed E-state index contributed by atoms with van der Waals surface area (Å²) in [6, 6.07) is 1.45. The van der Waals surface area contributed by atoms with Gasteiger partial charge in [-0.05, 0) is 54.0 Å². The van der Waals surface area contributed by atoms with Crippen LogP contribution in [-0.2, 0) is 20.8 Å². The first-order valence-electron chi connectivity index (χ1n) is 10.4. The molecule has 1 fully saturated rings. The van der Waals surface area contributed by atoms with Crippen molar-refractivity contribution < 1.29 is 34.8 Å². The van der Waals surface area contributed by atoms with E-state index in [-0.39, 0.29) is 42.0 Å². The lowest BCUT2D eigenvalue weighted by molar-refractivity contribution is -0.147. The predicted octanol–water partition coefficient (Wildman–Crippen LogP) is 3.05. The molecule has 1 saturated carbocycles. The monoisotopic (exact) mass is 441 g/mol. The number of phenolic OH excluding ortho intramolecular Hbond substituents is 1. The van der Waals surface area contributed by atoms with Crippen molar-refractivity contribution in [1.82, 2.24) is 0 Å². The van der Waals surface area contributed by atoms with E-state index in [1.54, 1.807) is 0 Å². The van der Waals surface area contributed by atoms with E-state index in [0.29, 0.717) is 11.1 Å². The summed E-state index contributed by atoms with van der Waals surface area (Å²) in [5, 5.41) is 46.3. The minimum absolute atomic E-state index is 0.0863. The first-order chi connectivity index (χ1) is 14.9. The molecule has 4 rings (SSSR count). The molecule has 1 aromatic carbocycles. The van der Waals surface area contributed by atoms with Crippen molar-refractivity contribution in [1.29, 1.82) is 0 Å². The molecule has 0 heterocycles. The Bertz CT molecular complexity index is 1170. The second kappa shape index (κ2) is 7.09. The van der Waals surface area contributed by atoms with Crippen LogP contribution in [0.5, 0.6) is 5.75 Å². The Hall–Kier alpha value is -3.33. The van der Waals surface area contributed by atoms with Crippen LogP contribution in [-0.4, -0.2) is 43.4 Å². The van der Waals surface area contributed by atoms with E-state index in [9.17, 15) is 39.7 Å². The maximum atomic E-state index is 13.5. The summed E-state index contributed by atoms with van der Waals surface area (Å²) in [6.07, 6.45) is 0.00836. The molecule has 0 bridgehead atoms. The Labute approximate surface area is 183 Å². The van der Waals surface area contributed by atoms with Crippen LogP contribution in [0.1, 0.15) is 56.2 Å². The molecule has 3 aliphatic rings. The van der Waals surface area contributed by atoms with Gasteiger partial charge in [0.15, 0.2) is 28.6 Å². The minimum Gasteiger partial charge on any atom is -0.508 e. The number of aliphatic hydroxyl groups is 3. The van der Waals surface area contributed by atoms with E-state index in [4.69, 9.17) is 0 Å². The molecule has 0 aliphatic heterocycles. The van der Waals surface area contributed by atoms with E-state index < -0.39 is 57.6 Å². The van der Waals surface area contributed by atoms with Gasteiger partial charge in [0.2, 0.25) is 5.78 Å². The molecule has 4 N–H and O–H groups in total. The number of Topliss-reactive ketones (excluding diaryl/α,β-unsaturated/α-hetero) is 3. The predicted molar refractivity (Wildman–Crippen MR) is 112 cm³/mol. The molecule has 0 radical (unpaired) electrons. The molecule has 3 aliphatic carbocycles. The van der Waals surface area contributed by atoms with Crippen LogP contribution in [0.25, 0.3) is 5.76 Å². The average Bonchev–Trinajstić information content (AvgIpc) is 2.70. The van der Waals surface area contributed by atoms with E-state index in [2.05, 4.69) is 5.18 Å². The first kappa shape index (κ1) is 21.9. The van der Waals surface area contributed by atoms with Gasteiger partial charge in [-0.3, -0.25) is 14.4 Å². The van der Waals surface area contributed by atoms with Gasteiger partial charge >= 0.3 is 0 Å². The number of hydrogen-bond donors (Lipinski definition) is 4. The molecule has 168 valence electrons. The van der Waals surface area contributed by atoms with Crippen molar-refractivity contribution in [2.24, 2.45) is 17.0 Å². The van der Waals surface area contributed by atoms with Gasteiger partial charge in [0.1, 0.15) is 17.1 Å². The largest absolute Gasteiger partial charge is 0.508 e. The van der Waals surface area contributed by atoms with Crippen molar-refractivity contribution in [3.8, 4) is 5.75 Å². The van der Waals surface area contributed by atoms with Crippen molar-refractivity contribution >= 4 is 28.8 Å². The Morgan fingerprint density at radius 2 is 1.84 bits per heavy atom. The number of ketones is 3. The molecule has 0 unspecified atom stereocenters. The molecule has 9 heteroatoms. The summed E-state index contributed by atoms with van der Waals surface area (Å²) >= 11 is 0. The van der Waals surface area contributed by atoms with Gasteiger partial charge in [0, 0.05) is 17.9 Å². The third-order valence-electron chi connectivity index (χ3n) is 6.90. The van der Waals surface area contributed by atoms with Gasteiger partial charge in [-0.2, -0.15) is 0 Å². The topological polar surface area (TPSA) is 162 Å². The van der Waals surface area contributed by atoms with Crippen molar-refractivity contribution in [3.63, 3.8) is 0 Å². The number of hydrogen-bond acceptors (Lipinski definition) is 9. The highest BCUT2D eigenvalue weighted by molar-refractivity contribution is 6.23. The van der Waals surface area contributed by atoms with E-state index in [1.807, 2.05) is 13.8 Å². The fourth-order valence-corrected chi connectivity index (χ4v) is 5.40. The zero-order valence-corrected chi connectivity index (χ0v) is 17.8. The molecule has 0 saturated heterocycles. The minimum atomic E-state index is -2.54. The summed E-state index contributed by atoms with van der Waals surface area (Å²) in [5.74, 6) is -6.28. The summed E-state index contributed by atoms with van der Waals surface area (Å²) in [6.45, 7) is 4.79. The number of carbonyl (C=O) groups is 3.